The number of nitrogens with zero attached hydrogens (tertiary/aromatic N) is 1. The molecular weight excluding hydrogens is 374 g/mol. The largest absolute Gasteiger partial charge is 0.354 e. The maximum Gasteiger partial charge on any atom is 0.266 e. The first kappa shape index (κ1) is 16.6. The molecule has 1 aliphatic heterocycles. The zero-order valence-corrected chi connectivity index (χ0v) is 14.8. The topological polar surface area (TPSA) is 38.8 Å². The van der Waals surface area contributed by atoms with Crippen LogP contribution in [0.5, 0.6) is 0 Å². The van der Waals surface area contributed by atoms with E-state index in [1.54, 1.807) is 0 Å². The van der Waals surface area contributed by atoms with E-state index in [2.05, 4.69) is 15.9 Å². The SMILES string of the molecule is COC(CN1C(=O)/C(=C/c2cccc(Br)c2)SC1=S)OC. The fourth-order valence-corrected chi connectivity index (χ4v) is 3.49. The molecule has 1 heterocycles. The zero-order chi connectivity index (χ0) is 15.4. The number of thioether (sulfide) groups is 1. The van der Waals surface area contributed by atoms with Crippen molar-refractivity contribution in [3.63, 3.8) is 0 Å². The Labute approximate surface area is 141 Å². The summed E-state index contributed by atoms with van der Waals surface area (Å²) in [5, 5.41) is 0. The van der Waals surface area contributed by atoms with E-state index in [-0.39, 0.29) is 12.5 Å². The number of hydrogen-bond acceptors (Lipinski definition) is 5. The summed E-state index contributed by atoms with van der Waals surface area (Å²) >= 11 is 9.96. The third-order valence-electron chi connectivity index (χ3n) is 2.88. The lowest BCUT2D eigenvalue weighted by Crippen LogP contribution is -2.37. The molecule has 1 aromatic rings. The van der Waals surface area contributed by atoms with Gasteiger partial charge in [-0.1, -0.05) is 52.0 Å². The molecule has 0 unspecified atom stereocenters. The quantitative estimate of drug-likeness (QED) is 0.440. The molecule has 1 aliphatic rings. The van der Waals surface area contributed by atoms with Crippen LogP contribution in [0.25, 0.3) is 6.08 Å². The van der Waals surface area contributed by atoms with Gasteiger partial charge in [0.15, 0.2) is 6.29 Å². The minimum absolute atomic E-state index is 0.121. The predicted octanol–water partition coefficient (Wildman–Crippen LogP) is 3.27. The molecule has 21 heavy (non-hydrogen) atoms. The number of carbonyl (C=O) groups excluding carboxylic acids is 1. The number of halogens is 1. The molecule has 0 aliphatic carbocycles. The predicted molar refractivity (Wildman–Crippen MR) is 91.8 cm³/mol. The fourth-order valence-electron chi connectivity index (χ4n) is 1.80. The van der Waals surface area contributed by atoms with E-state index in [4.69, 9.17) is 21.7 Å². The highest BCUT2D eigenvalue weighted by atomic mass is 79.9. The van der Waals surface area contributed by atoms with Crippen LogP contribution in [0.1, 0.15) is 5.56 Å². The third kappa shape index (κ3) is 4.14. The van der Waals surface area contributed by atoms with Gasteiger partial charge in [0, 0.05) is 18.7 Å². The van der Waals surface area contributed by atoms with Gasteiger partial charge in [0.05, 0.1) is 11.4 Å². The Balaban J connectivity index is 2.17. The lowest BCUT2D eigenvalue weighted by Gasteiger charge is -2.20. The maximum absolute atomic E-state index is 12.4. The van der Waals surface area contributed by atoms with Crippen LogP contribution in [-0.2, 0) is 14.3 Å². The molecule has 112 valence electrons. The Morgan fingerprint density at radius 3 is 2.76 bits per heavy atom. The van der Waals surface area contributed by atoms with Crippen molar-refractivity contribution in [1.29, 1.82) is 0 Å². The van der Waals surface area contributed by atoms with Gasteiger partial charge in [-0.25, -0.2) is 0 Å². The highest BCUT2D eigenvalue weighted by molar-refractivity contribution is 9.10. The molecule has 1 aromatic carbocycles. The first-order valence-corrected chi connectivity index (χ1v) is 8.13. The van der Waals surface area contributed by atoms with Crippen molar-refractivity contribution in [2.75, 3.05) is 20.8 Å². The van der Waals surface area contributed by atoms with E-state index in [1.165, 1.54) is 30.9 Å². The van der Waals surface area contributed by atoms with Crippen molar-refractivity contribution in [1.82, 2.24) is 4.90 Å². The van der Waals surface area contributed by atoms with Gasteiger partial charge in [0.25, 0.3) is 5.91 Å². The van der Waals surface area contributed by atoms with Crippen LogP contribution >= 0.6 is 39.9 Å². The second kappa shape index (κ2) is 7.51. The van der Waals surface area contributed by atoms with Crippen molar-refractivity contribution in [2.45, 2.75) is 6.29 Å². The van der Waals surface area contributed by atoms with Gasteiger partial charge in [-0.2, -0.15) is 0 Å². The Hall–Kier alpha value is -0.730. The van der Waals surface area contributed by atoms with E-state index in [0.29, 0.717) is 9.23 Å². The number of ether oxygens (including phenoxy) is 2. The summed E-state index contributed by atoms with van der Waals surface area (Å²) in [6, 6.07) is 7.73. The van der Waals surface area contributed by atoms with Gasteiger partial charge >= 0.3 is 0 Å². The highest BCUT2D eigenvalue weighted by Crippen LogP contribution is 2.33. The number of methoxy groups -OCH3 is 2. The van der Waals surface area contributed by atoms with Crippen LogP contribution in [0, 0.1) is 0 Å². The molecule has 2 rings (SSSR count). The summed E-state index contributed by atoms with van der Waals surface area (Å²) < 4.78 is 11.7. The van der Waals surface area contributed by atoms with Crippen LogP contribution in [-0.4, -0.2) is 42.2 Å². The highest BCUT2D eigenvalue weighted by Gasteiger charge is 2.33. The van der Waals surface area contributed by atoms with Crippen LogP contribution < -0.4 is 0 Å². The van der Waals surface area contributed by atoms with Crippen LogP contribution in [0.2, 0.25) is 0 Å². The van der Waals surface area contributed by atoms with Crippen LogP contribution in [0.4, 0.5) is 0 Å². The molecular formula is C14H14BrNO3S2. The molecule has 4 nitrogen and oxygen atoms in total. The lowest BCUT2D eigenvalue weighted by molar-refractivity contribution is -0.133. The monoisotopic (exact) mass is 387 g/mol. The second-order valence-electron chi connectivity index (χ2n) is 4.25. The van der Waals surface area contributed by atoms with Crippen molar-refractivity contribution in [3.8, 4) is 0 Å². The molecule has 0 aromatic heterocycles. The van der Waals surface area contributed by atoms with Gasteiger partial charge in [0.2, 0.25) is 0 Å². The summed E-state index contributed by atoms with van der Waals surface area (Å²) in [5.41, 5.74) is 0.944. The van der Waals surface area contributed by atoms with E-state index in [0.717, 1.165) is 10.0 Å². The number of rotatable bonds is 5. The average Bonchev–Trinajstić information content (AvgIpc) is 2.71. The van der Waals surface area contributed by atoms with E-state index in [1.807, 2.05) is 30.3 Å². The zero-order valence-electron chi connectivity index (χ0n) is 11.5. The summed E-state index contributed by atoms with van der Waals surface area (Å²) in [6.07, 6.45) is 1.34. The van der Waals surface area contributed by atoms with Crippen LogP contribution in [0.3, 0.4) is 0 Å². The molecule has 1 fully saturated rings. The Morgan fingerprint density at radius 2 is 2.14 bits per heavy atom. The van der Waals surface area contributed by atoms with Gasteiger partial charge in [-0.15, -0.1) is 0 Å². The number of thiocarbonyl (C=S) groups is 1. The van der Waals surface area contributed by atoms with E-state index >= 15 is 0 Å². The second-order valence-corrected chi connectivity index (χ2v) is 6.84. The molecule has 1 saturated heterocycles. The molecule has 1 amide bonds. The fraction of sp³-hybridized carbons (Fsp3) is 0.286. The molecule has 0 bridgehead atoms. The van der Waals surface area contributed by atoms with Gasteiger partial charge < -0.3 is 9.47 Å². The number of carbonyl (C=O) groups is 1. The van der Waals surface area contributed by atoms with E-state index in [9.17, 15) is 4.79 Å². The molecule has 7 heteroatoms. The van der Waals surface area contributed by atoms with Crippen LogP contribution in [0.15, 0.2) is 33.6 Å². The maximum atomic E-state index is 12.4. The van der Waals surface area contributed by atoms with Gasteiger partial charge in [0.1, 0.15) is 4.32 Å². The average molecular weight is 388 g/mol. The van der Waals surface area contributed by atoms with Gasteiger partial charge in [-0.05, 0) is 23.8 Å². The normalized spacial score (nSPS) is 17.3. The van der Waals surface area contributed by atoms with Crippen molar-refractivity contribution < 1.29 is 14.3 Å². The molecule has 0 atom stereocenters. The number of amides is 1. The Kier molecular flexibility index (Phi) is 5.95. The standard InChI is InChI=1S/C14H14BrNO3S2/c1-18-12(19-2)8-16-13(17)11(21-14(16)20)7-9-4-3-5-10(15)6-9/h3-7,12H,8H2,1-2H3/b11-7-. The third-order valence-corrected chi connectivity index (χ3v) is 4.75. The van der Waals surface area contributed by atoms with Gasteiger partial charge in [-0.3, -0.25) is 9.69 Å². The molecule has 0 radical (unpaired) electrons. The summed E-state index contributed by atoms with van der Waals surface area (Å²) in [7, 11) is 3.06. The molecule has 0 N–H and O–H groups in total. The van der Waals surface area contributed by atoms with Crippen molar-refractivity contribution in [2.24, 2.45) is 0 Å². The lowest BCUT2D eigenvalue weighted by atomic mass is 10.2. The first-order chi connectivity index (χ1) is 10.0. The summed E-state index contributed by atoms with van der Waals surface area (Å²) in [6.45, 7) is 0.285. The molecule has 0 saturated carbocycles. The minimum atomic E-state index is -0.488. The smallest absolute Gasteiger partial charge is 0.266 e. The number of hydrogen-bond donors (Lipinski definition) is 0. The van der Waals surface area contributed by atoms with E-state index < -0.39 is 6.29 Å². The number of benzene rings is 1. The minimum Gasteiger partial charge on any atom is -0.354 e. The Bertz CT molecular complexity index is 587. The Morgan fingerprint density at radius 1 is 1.43 bits per heavy atom. The molecule has 0 spiro atoms. The summed E-state index contributed by atoms with van der Waals surface area (Å²) in [5.74, 6) is -0.121. The first-order valence-electron chi connectivity index (χ1n) is 6.11. The summed E-state index contributed by atoms with van der Waals surface area (Å²) in [4.78, 5) is 14.5. The van der Waals surface area contributed by atoms with Crippen molar-refractivity contribution >= 4 is 56.2 Å². The van der Waals surface area contributed by atoms with Crippen molar-refractivity contribution in [3.05, 3.63) is 39.2 Å².